The SMILES string of the molecule is COc1ccc(CN2CCCC2CN)cc1OC(F)F.Cl. The summed E-state index contributed by atoms with van der Waals surface area (Å²) in [5.74, 6) is 0.384. The number of methoxy groups -OCH3 is 1. The minimum atomic E-state index is -2.86. The van der Waals surface area contributed by atoms with Gasteiger partial charge in [0.1, 0.15) is 0 Å². The first-order valence-corrected chi connectivity index (χ1v) is 6.70. The van der Waals surface area contributed by atoms with Gasteiger partial charge in [-0.1, -0.05) is 6.07 Å². The van der Waals surface area contributed by atoms with Crippen molar-refractivity contribution in [2.24, 2.45) is 5.73 Å². The monoisotopic (exact) mass is 322 g/mol. The third-order valence-corrected chi connectivity index (χ3v) is 3.60. The number of rotatable bonds is 6. The third-order valence-electron chi connectivity index (χ3n) is 3.60. The Bertz CT molecular complexity index is 449. The van der Waals surface area contributed by atoms with Gasteiger partial charge in [0.25, 0.3) is 0 Å². The minimum Gasteiger partial charge on any atom is -0.493 e. The maximum Gasteiger partial charge on any atom is 0.387 e. The van der Waals surface area contributed by atoms with Gasteiger partial charge in [-0.2, -0.15) is 8.78 Å². The Morgan fingerprint density at radius 2 is 2.14 bits per heavy atom. The van der Waals surface area contributed by atoms with Crippen LogP contribution in [-0.2, 0) is 6.54 Å². The van der Waals surface area contributed by atoms with Gasteiger partial charge in [-0.15, -0.1) is 12.4 Å². The Morgan fingerprint density at radius 1 is 1.38 bits per heavy atom. The van der Waals surface area contributed by atoms with Crippen LogP contribution in [-0.4, -0.2) is 37.8 Å². The van der Waals surface area contributed by atoms with E-state index in [1.807, 2.05) is 6.07 Å². The van der Waals surface area contributed by atoms with Crippen molar-refractivity contribution in [1.82, 2.24) is 4.90 Å². The van der Waals surface area contributed by atoms with Crippen LogP contribution >= 0.6 is 12.4 Å². The van der Waals surface area contributed by atoms with E-state index >= 15 is 0 Å². The largest absolute Gasteiger partial charge is 0.493 e. The molecule has 0 spiro atoms. The van der Waals surface area contributed by atoms with Gasteiger partial charge in [-0.3, -0.25) is 4.90 Å². The number of ether oxygens (including phenoxy) is 2. The molecule has 120 valence electrons. The van der Waals surface area contributed by atoms with Gasteiger partial charge < -0.3 is 15.2 Å². The quantitative estimate of drug-likeness (QED) is 0.874. The van der Waals surface area contributed by atoms with Crippen molar-refractivity contribution in [3.8, 4) is 11.5 Å². The first kappa shape index (κ1) is 17.9. The van der Waals surface area contributed by atoms with Gasteiger partial charge >= 0.3 is 6.61 Å². The van der Waals surface area contributed by atoms with Crippen LogP contribution < -0.4 is 15.2 Å². The summed E-state index contributed by atoms with van der Waals surface area (Å²) in [5.41, 5.74) is 6.65. The van der Waals surface area contributed by atoms with Crippen molar-refractivity contribution < 1.29 is 18.3 Å². The van der Waals surface area contributed by atoms with E-state index in [0.29, 0.717) is 24.9 Å². The Labute approximate surface area is 129 Å². The topological polar surface area (TPSA) is 47.7 Å². The van der Waals surface area contributed by atoms with Crippen LogP contribution in [0.1, 0.15) is 18.4 Å². The fourth-order valence-corrected chi connectivity index (χ4v) is 2.61. The molecular weight excluding hydrogens is 302 g/mol. The molecule has 1 unspecified atom stereocenters. The maximum atomic E-state index is 12.4. The van der Waals surface area contributed by atoms with E-state index in [-0.39, 0.29) is 18.2 Å². The van der Waals surface area contributed by atoms with E-state index < -0.39 is 6.61 Å². The van der Waals surface area contributed by atoms with Gasteiger partial charge in [-0.05, 0) is 37.1 Å². The molecule has 0 saturated carbocycles. The lowest BCUT2D eigenvalue weighted by molar-refractivity contribution is -0.0512. The summed E-state index contributed by atoms with van der Waals surface area (Å²) in [6, 6.07) is 5.50. The average Bonchev–Trinajstić information content (AvgIpc) is 2.85. The van der Waals surface area contributed by atoms with E-state index in [2.05, 4.69) is 9.64 Å². The predicted octanol–water partition coefficient (Wildman–Crippen LogP) is 2.64. The highest BCUT2D eigenvalue weighted by atomic mass is 35.5. The fraction of sp³-hybridized carbons (Fsp3) is 0.571. The zero-order chi connectivity index (χ0) is 14.5. The molecule has 7 heteroatoms. The normalized spacial score (nSPS) is 18.6. The second-order valence-electron chi connectivity index (χ2n) is 4.87. The van der Waals surface area contributed by atoms with Crippen LogP contribution in [0.15, 0.2) is 18.2 Å². The number of nitrogens with two attached hydrogens (primary N) is 1. The standard InChI is InChI=1S/C14H20F2N2O2.ClH/c1-19-12-5-4-10(7-13(12)20-14(15)16)9-18-6-2-3-11(18)8-17;/h4-5,7,11,14H,2-3,6,8-9,17H2,1H3;1H. The maximum absolute atomic E-state index is 12.4. The summed E-state index contributed by atoms with van der Waals surface area (Å²) in [7, 11) is 1.43. The third kappa shape index (κ3) is 4.69. The zero-order valence-electron chi connectivity index (χ0n) is 11.9. The van der Waals surface area contributed by atoms with Crippen LogP contribution in [0.4, 0.5) is 8.78 Å². The smallest absolute Gasteiger partial charge is 0.387 e. The van der Waals surface area contributed by atoms with E-state index in [1.54, 1.807) is 12.1 Å². The predicted molar refractivity (Wildman–Crippen MR) is 79.4 cm³/mol. The molecule has 21 heavy (non-hydrogen) atoms. The molecule has 0 amide bonds. The van der Waals surface area contributed by atoms with Crippen molar-refractivity contribution in [3.63, 3.8) is 0 Å². The molecule has 1 saturated heterocycles. The minimum absolute atomic E-state index is 0. The summed E-state index contributed by atoms with van der Waals surface area (Å²) in [6.45, 7) is -0.566. The number of alkyl halides is 2. The molecule has 1 heterocycles. The van der Waals surface area contributed by atoms with Gasteiger partial charge in [-0.25, -0.2) is 0 Å². The van der Waals surface area contributed by atoms with E-state index in [0.717, 1.165) is 24.9 Å². The van der Waals surface area contributed by atoms with Crippen molar-refractivity contribution in [2.45, 2.75) is 32.0 Å². The van der Waals surface area contributed by atoms with Crippen molar-refractivity contribution in [2.75, 3.05) is 20.2 Å². The Kier molecular flexibility index (Phi) is 7.14. The lowest BCUT2D eigenvalue weighted by Crippen LogP contribution is -2.34. The number of hydrogen-bond acceptors (Lipinski definition) is 4. The van der Waals surface area contributed by atoms with E-state index in [9.17, 15) is 8.78 Å². The van der Waals surface area contributed by atoms with Crippen LogP contribution in [0, 0.1) is 0 Å². The highest BCUT2D eigenvalue weighted by Gasteiger charge is 2.23. The second kappa shape index (κ2) is 8.36. The summed E-state index contributed by atoms with van der Waals surface area (Å²) in [5, 5.41) is 0. The van der Waals surface area contributed by atoms with E-state index in [1.165, 1.54) is 7.11 Å². The molecule has 1 aromatic carbocycles. The first-order chi connectivity index (χ1) is 9.63. The Balaban J connectivity index is 0.00000220. The molecule has 1 fully saturated rings. The van der Waals surface area contributed by atoms with E-state index in [4.69, 9.17) is 10.5 Å². The van der Waals surface area contributed by atoms with Gasteiger partial charge in [0.15, 0.2) is 11.5 Å². The summed E-state index contributed by atoms with van der Waals surface area (Å²) in [6.07, 6.45) is 2.21. The van der Waals surface area contributed by atoms with Gasteiger partial charge in [0, 0.05) is 19.1 Å². The Hall–Kier alpha value is -1.11. The van der Waals surface area contributed by atoms with Gasteiger partial charge in [0.05, 0.1) is 7.11 Å². The number of likely N-dealkylation sites (tertiary alicyclic amines) is 1. The molecule has 2 rings (SSSR count). The Morgan fingerprint density at radius 3 is 2.76 bits per heavy atom. The van der Waals surface area contributed by atoms with Crippen LogP contribution in [0.3, 0.4) is 0 Å². The molecular formula is C14H21ClF2N2O2. The lowest BCUT2D eigenvalue weighted by atomic mass is 10.1. The molecule has 1 aromatic rings. The fourth-order valence-electron chi connectivity index (χ4n) is 2.61. The molecule has 1 atom stereocenters. The molecule has 0 bridgehead atoms. The number of benzene rings is 1. The van der Waals surface area contributed by atoms with Crippen molar-refractivity contribution in [1.29, 1.82) is 0 Å². The van der Waals surface area contributed by atoms with Crippen LogP contribution in [0.5, 0.6) is 11.5 Å². The van der Waals surface area contributed by atoms with Gasteiger partial charge in [0.2, 0.25) is 0 Å². The van der Waals surface area contributed by atoms with Crippen molar-refractivity contribution >= 4 is 12.4 Å². The van der Waals surface area contributed by atoms with Crippen LogP contribution in [0.2, 0.25) is 0 Å². The van der Waals surface area contributed by atoms with Crippen molar-refractivity contribution in [3.05, 3.63) is 23.8 Å². The lowest BCUT2D eigenvalue weighted by Gasteiger charge is -2.23. The first-order valence-electron chi connectivity index (χ1n) is 6.70. The molecule has 0 radical (unpaired) electrons. The highest BCUT2D eigenvalue weighted by Crippen LogP contribution is 2.30. The number of nitrogens with zero attached hydrogens (tertiary/aromatic N) is 1. The number of halogens is 3. The zero-order valence-corrected chi connectivity index (χ0v) is 12.7. The molecule has 1 aliphatic rings. The summed E-state index contributed by atoms with van der Waals surface area (Å²) < 4.78 is 34.3. The summed E-state index contributed by atoms with van der Waals surface area (Å²) >= 11 is 0. The second-order valence-corrected chi connectivity index (χ2v) is 4.87. The molecule has 1 aliphatic heterocycles. The highest BCUT2D eigenvalue weighted by molar-refractivity contribution is 5.85. The van der Waals surface area contributed by atoms with Crippen LogP contribution in [0.25, 0.3) is 0 Å². The molecule has 2 N–H and O–H groups in total. The summed E-state index contributed by atoms with van der Waals surface area (Å²) in [4.78, 5) is 2.27. The molecule has 0 aromatic heterocycles. The molecule has 4 nitrogen and oxygen atoms in total. The molecule has 0 aliphatic carbocycles. The average molecular weight is 323 g/mol. The number of hydrogen-bond donors (Lipinski definition) is 1.